The van der Waals surface area contributed by atoms with E-state index < -0.39 is 15.6 Å². The van der Waals surface area contributed by atoms with Gasteiger partial charge in [0.25, 0.3) is 0 Å². The molecule has 1 aliphatic rings. The van der Waals surface area contributed by atoms with Gasteiger partial charge in [0.05, 0.1) is 12.8 Å². The van der Waals surface area contributed by atoms with E-state index in [2.05, 4.69) is 4.98 Å². The number of primary sulfonamides is 1. The zero-order chi connectivity index (χ0) is 18.8. The highest BCUT2D eigenvalue weighted by atomic mass is 35.5. The lowest BCUT2D eigenvalue weighted by molar-refractivity contribution is 0.0284. The molecule has 1 atom stereocenters. The molecule has 0 radical (unpaired) electrons. The summed E-state index contributed by atoms with van der Waals surface area (Å²) in [4.78, 5) is 17.4. The maximum atomic E-state index is 12.0. The van der Waals surface area contributed by atoms with Crippen molar-refractivity contribution in [2.24, 2.45) is 11.1 Å². The topological polar surface area (TPSA) is 112 Å². The molecule has 0 aromatic carbocycles. The van der Waals surface area contributed by atoms with Crippen LogP contribution in [0.4, 0.5) is 4.79 Å². The van der Waals surface area contributed by atoms with Crippen molar-refractivity contribution < 1.29 is 22.7 Å². The number of pyridine rings is 1. The van der Waals surface area contributed by atoms with Gasteiger partial charge in [-0.25, -0.2) is 23.3 Å². The molecule has 25 heavy (non-hydrogen) atoms. The summed E-state index contributed by atoms with van der Waals surface area (Å²) in [6, 6.07) is 1.20. The zero-order valence-electron chi connectivity index (χ0n) is 14.4. The number of nitrogens with zero attached hydrogens (tertiary/aromatic N) is 2. The van der Waals surface area contributed by atoms with Crippen LogP contribution in [0, 0.1) is 5.92 Å². The molecule has 10 heteroatoms. The van der Waals surface area contributed by atoms with Crippen LogP contribution in [0.15, 0.2) is 17.2 Å². The van der Waals surface area contributed by atoms with Gasteiger partial charge in [0.15, 0.2) is 0 Å². The Labute approximate surface area is 152 Å². The predicted molar refractivity (Wildman–Crippen MR) is 92.0 cm³/mol. The van der Waals surface area contributed by atoms with Crippen LogP contribution in [0.25, 0.3) is 0 Å². The zero-order valence-corrected chi connectivity index (χ0v) is 15.9. The van der Waals surface area contributed by atoms with Crippen molar-refractivity contribution in [1.29, 1.82) is 0 Å². The highest BCUT2D eigenvalue weighted by Gasteiger charge is 2.30. The quantitative estimate of drug-likeness (QED) is 0.840. The summed E-state index contributed by atoms with van der Waals surface area (Å²) in [6.07, 6.45) is 1.52. The number of nitrogens with two attached hydrogens (primary N) is 1. The number of hydrogen-bond donors (Lipinski definition) is 1. The molecular formula is C15H22ClN3O5S. The first-order valence-corrected chi connectivity index (χ1v) is 9.67. The van der Waals surface area contributed by atoms with E-state index in [9.17, 15) is 13.2 Å². The van der Waals surface area contributed by atoms with Gasteiger partial charge in [0.1, 0.15) is 15.5 Å². The molecule has 8 nitrogen and oxygen atoms in total. The molecule has 0 spiro atoms. The Hall–Kier alpha value is -1.58. The van der Waals surface area contributed by atoms with Crippen molar-refractivity contribution in [3.63, 3.8) is 0 Å². The molecule has 2 heterocycles. The summed E-state index contributed by atoms with van der Waals surface area (Å²) in [7, 11) is -3.87. The number of rotatable bonds is 4. The van der Waals surface area contributed by atoms with E-state index in [4.69, 9.17) is 26.2 Å². The van der Waals surface area contributed by atoms with Gasteiger partial charge in [-0.15, -0.1) is 0 Å². The number of carbonyl (C=O) groups excluding carboxylic acids is 1. The minimum Gasteiger partial charge on any atom is -0.476 e. The molecule has 0 aliphatic carbocycles. The summed E-state index contributed by atoms with van der Waals surface area (Å²) in [6.45, 7) is 6.87. The average Bonchev–Trinajstić information content (AvgIpc) is 2.92. The van der Waals surface area contributed by atoms with E-state index in [0.29, 0.717) is 19.7 Å². The number of ether oxygens (including phenoxy) is 2. The highest BCUT2D eigenvalue weighted by molar-refractivity contribution is 7.89. The second-order valence-corrected chi connectivity index (χ2v) is 8.86. The Morgan fingerprint density at radius 2 is 2.16 bits per heavy atom. The minimum atomic E-state index is -3.87. The van der Waals surface area contributed by atoms with Crippen molar-refractivity contribution in [3.8, 4) is 5.88 Å². The summed E-state index contributed by atoms with van der Waals surface area (Å²) in [5, 5.41) is 5.08. The summed E-state index contributed by atoms with van der Waals surface area (Å²) in [5.41, 5.74) is -0.534. The van der Waals surface area contributed by atoms with Gasteiger partial charge in [0, 0.05) is 19.0 Å². The molecule has 2 N–H and O–H groups in total. The standard InChI is InChI=1S/C15H22ClN3O5S/c1-15(2,3)24-14(20)19-5-4-10(8-19)9-23-13-12(16)6-11(7-18-13)25(17,21)22/h6-7,10H,4-5,8-9H2,1-3H3,(H2,17,21,22). The molecule has 1 saturated heterocycles. The van der Waals surface area contributed by atoms with Gasteiger partial charge in [-0.2, -0.15) is 0 Å². The number of halogens is 1. The molecule has 2 rings (SSSR count). The van der Waals surface area contributed by atoms with Crippen LogP contribution < -0.4 is 9.88 Å². The first kappa shape index (κ1) is 19.7. The molecule has 1 aliphatic heterocycles. The van der Waals surface area contributed by atoms with Crippen molar-refractivity contribution in [2.75, 3.05) is 19.7 Å². The third-order valence-corrected chi connectivity index (χ3v) is 4.66. The molecular weight excluding hydrogens is 370 g/mol. The number of amides is 1. The molecule has 1 aromatic heterocycles. The van der Waals surface area contributed by atoms with Crippen LogP contribution in [0.3, 0.4) is 0 Å². The molecule has 1 fully saturated rings. The van der Waals surface area contributed by atoms with Gasteiger partial charge >= 0.3 is 6.09 Å². The van der Waals surface area contributed by atoms with E-state index >= 15 is 0 Å². The van der Waals surface area contributed by atoms with E-state index in [1.807, 2.05) is 20.8 Å². The minimum absolute atomic E-state index is 0.0634. The molecule has 0 bridgehead atoms. The fourth-order valence-electron chi connectivity index (χ4n) is 2.33. The smallest absolute Gasteiger partial charge is 0.410 e. The fourth-order valence-corrected chi connectivity index (χ4v) is 3.09. The largest absolute Gasteiger partial charge is 0.476 e. The first-order chi connectivity index (χ1) is 11.5. The molecule has 1 amide bonds. The molecule has 140 valence electrons. The number of hydrogen-bond acceptors (Lipinski definition) is 6. The molecule has 1 unspecified atom stereocenters. The van der Waals surface area contributed by atoms with E-state index in [-0.39, 0.29) is 27.8 Å². The first-order valence-electron chi connectivity index (χ1n) is 7.75. The second-order valence-electron chi connectivity index (χ2n) is 6.90. The summed E-state index contributed by atoms with van der Waals surface area (Å²) < 4.78 is 33.4. The SMILES string of the molecule is CC(C)(C)OC(=O)N1CCC(COc2ncc(S(N)(=O)=O)cc2Cl)C1. The maximum Gasteiger partial charge on any atom is 0.410 e. The maximum absolute atomic E-state index is 12.0. The lowest BCUT2D eigenvalue weighted by Crippen LogP contribution is -2.35. The third kappa shape index (κ3) is 5.72. The average molecular weight is 392 g/mol. The van der Waals surface area contributed by atoms with Crippen LogP contribution in [-0.4, -0.2) is 49.7 Å². The van der Waals surface area contributed by atoms with Crippen LogP contribution in [0.1, 0.15) is 27.2 Å². The van der Waals surface area contributed by atoms with E-state index in [1.54, 1.807) is 4.90 Å². The van der Waals surface area contributed by atoms with Gasteiger partial charge in [-0.3, -0.25) is 0 Å². The summed E-state index contributed by atoms with van der Waals surface area (Å²) in [5.74, 6) is 0.244. The number of aromatic nitrogens is 1. The monoisotopic (exact) mass is 391 g/mol. The second kappa shape index (κ2) is 7.35. The van der Waals surface area contributed by atoms with Gasteiger partial charge in [-0.1, -0.05) is 11.6 Å². The van der Waals surface area contributed by atoms with Gasteiger partial charge in [0.2, 0.25) is 15.9 Å². The van der Waals surface area contributed by atoms with Crippen molar-refractivity contribution >= 4 is 27.7 Å². The lowest BCUT2D eigenvalue weighted by atomic mass is 10.1. The Morgan fingerprint density at radius 1 is 1.48 bits per heavy atom. The molecule has 0 saturated carbocycles. The number of likely N-dealkylation sites (tertiary alicyclic amines) is 1. The Bertz CT molecular complexity index is 748. The Morgan fingerprint density at radius 3 is 2.72 bits per heavy atom. The molecule has 1 aromatic rings. The van der Waals surface area contributed by atoms with Crippen molar-refractivity contribution in [2.45, 2.75) is 37.7 Å². The van der Waals surface area contributed by atoms with Crippen LogP contribution in [0.2, 0.25) is 5.02 Å². The number of sulfonamides is 1. The third-order valence-electron chi connectivity index (χ3n) is 3.50. The highest BCUT2D eigenvalue weighted by Crippen LogP contribution is 2.26. The predicted octanol–water partition coefficient (Wildman–Crippen LogP) is 2.02. The normalized spacial score (nSPS) is 18.3. The summed E-state index contributed by atoms with van der Waals surface area (Å²) >= 11 is 5.98. The van der Waals surface area contributed by atoms with Crippen LogP contribution >= 0.6 is 11.6 Å². The van der Waals surface area contributed by atoms with Crippen LogP contribution in [0.5, 0.6) is 5.88 Å². The fraction of sp³-hybridized carbons (Fsp3) is 0.600. The van der Waals surface area contributed by atoms with Crippen LogP contribution in [-0.2, 0) is 14.8 Å². The van der Waals surface area contributed by atoms with Crippen molar-refractivity contribution in [1.82, 2.24) is 9.88 Å². The van der Waals surface area contributed by atoms with E-state index in [1.165, 1.54) is 6.07 Å². The Balaban J connectivity index is 1.90. The van der Waals surface area contributed by atoms with Gasteiger partial charge in [-0.05, 0) is 33.3 Å². The van der Waals surface area contributed by atoms with E-state index in [0.717, 1.165) is 12.6 Å². The van der Waals surface area contributed by atoms with Gasteiger partial charge < -0.3 is 14.4 Å². The Kier molecular flexibility index (Phi) is 5.80. The van der Waals surface area contributed by atoms with Crippen molar-refractivity contribution in [3.05, 3.63) is 17.3 Å². The lowest BCUT2D eigenvalue weighted by Gasteiger charge is -2.24. The number of carbonyl (C=O) groups is 1.